The van der Waals surface area contributed by atoms with E-state index in [2.05, 4.69) is 17.1 Å². The van der Waals surface area contributed by atoms with Crippen LogP contribution in [0.4, 0.5) is 0 Å². The van der Waals surface area contributed by atoms with E-state index in [0.29, 0.717) is 32.4 Å². The van der Waals surface area contributed by atoms with Crippen LogP contribution in [-0.2, 0) is 9.47 Å². The van der Waals surface area contributed by atoms with Crippen molar-refractivity contribution in [2.45, 2.75) is 19.1 Å². The molecule has 0 aromatic carbocycles. The van der Waals surface area contributed by atoms with Gasteiger partial charge in [-0.2, -0.15) is 0 Å². The van der Waals surface area contributed by atoms with Crippen LogP contribution in [0.25, 0.3) is 0 Å². The molecule has 2 unspecified atom stereocenters. The smallest absolute Gasteiger partial charge is 0.0900 e. The Morgan fingerprint density at radius 1 is 1.50 bits per heavy atom. The number of nitrogens with one attached hydrogen (secondary N) is 1. The lowest BCUT2D eigenvalue weighted by Crippen LogP contribution is -2.52. The Bertz CT molecular complexity index is 181. The molecule has 0 radical (unpaired) electrons. The number of methoxy groups -OCH3 is 1. The third kappa shape index (κ3) is 5.23. The van der Waals surface area contributed by atoms with Gasteiger partial charge >= 0.3 is 0 Å². The minimum atomic E-state index is -0.405. The van der Waals surface area contributed by atoms with Crippen molar-refractivity contribution in [3.63, 3.8) is 0 Å². The van der Waals surface area contributed by atoms with E-state index in [0.717, 1.165) is 19.6 Å². The number of rotatable bonds is 7. The predicted octanol–water partition coefficient (Wildman–Crippen LogP) is -0.696. The van der Waals surface area contributed by atoms with Crippen LogP contribution in [-0.4, -0.2) is 75.3 Å². The molecule has 1 fully saturated rings. The number of aliphatic hydroxyl groups excluding tert-OH is 1. The lowest BCUT2D eigenvalue weighted by molar-refractivity contribution is -0.00777. The average molecular weight is 232 g/mol. The third-order valence-corrected chi connectivity index (χ3v) is 2.83. The van der Waals surface area contributed by atoms with Crippen LogP contribution in [0.1, 0.15) is 6.92 Å². The lowest BCUT2D eigenvalue weighted by Gasteiger charge is -2.35. The van der Waals surface area contributed by atoms with E-state index >= 15 is 0 Å². The fraction of sp³-hybridized carbons (Fsp3) is 1.00. The maximum absolute atomic E-state index is 9.79. The number of hydrogen-bond acceptors (Lipinski definition) is 5. The average Bonchev–Trinajstić information content (AvgIpc) is 2.28. The van der Waals surface area contributed by atoms with Crippen molar-refractivity contribution in [2.75, 3.05) is 53.1 Å². The van der Waals surface area contributed by atoms with Gasteiger partial charge < -0.3 is 19.9 Å². The molecule has 0 amide bonds. The number of piperazine rings is 1. The van der Waals surface area contributed by atoms with E-state index in [1.807, 2.05) is 0 Å². The zero-order chi connectivity index (χ0) is 11.8. The second-order valence-corrected chi connectivity index (χ2v) is 4.27. The Morgan fingerprint density at radius 3 is 3.00 bits per heavy atom. The highest BCUT2D eigenvalue weighted by Crippen LogP contribution is 2.03. The Hall–Kier alpha value is -0.200. The number of aliphatic hydroxyl groups is 1. The molecule has 0 aromatic heterocycles. The topological polar surface area (TPSA) is 54.0 Å². The summed E-state index contributed by atoms with van der Waals surface area (Å²) in [4.78, 5) is 2.29. The summed E-state index contributed by atoms with van der Waals surface area (Å²) in [6.45, 7) is 7.37. The molecule has 5 heteroatoms. The molecule has 1 heterocycles. The molecule has 2 N–H and O–H groups in total. The monoisotopic (exact) mass is 232 g/mol. The van der Waals surface area contributed by atoms with Crippen LogP contribution >= 0.6 is 0 Å². The van der Waals surface area contributed by atoms with Crippen molar-refractivity contribution in [3.05, 3.63) is 0 Å². The molecule has 16 heavy (non-hydrogen) atoms. The molecule has 1 aliphatic heterocycles. The van der Waals surface area contributed by atoms with Crippen molar-refractivity contribution in [3.8, 4) is 0 Å². The molecular formula is C11H24N2O3. The van der Waals surface area contributed by atoms with Gasteiger partial charge in [0.05, 0.1) is 25.9 Å². The van der Waals surface area contributed by atoms with Gasteiger partial charge in [-0.05, 0) is 6.92 Å². The first kappa shape index (κ1) is 13.9. The highest BCUT2D eigenvalue weighted by molar-refractivity contribution is 4.77. The van der Waals surface area contributed by atoms with E-state index in [9.17, 15) is 5.11 Å². The summed E-state index contributed by atoms with van der Waals surface area (Å²) < 4.78 is 10.2. The van der Waals surface area contributed by atoms with Crippen LogP contribution in [0.3, 0.4) is 0 Å². The lowest BCUT2D eigenvalue weighted by atomic mass is 10.2. The number of ether oxygens (including phenoxy) is 2. The van der Waals surface area contributed by atoms with Crippen LogP contribution in [0.15, 0.2) is 0 Å². The largest absolute Gasteiger partial charge is 0.389 e. The fourth-order valence-corrected chi connectivity index (χ4v) is 1.84. The van der Waals surface area contributed by atoms with Crippen molar-refractivity contribution in [1.29, 1.82) is 0 Å². The van der Waals surface area contributed by atoms with Gasteiger partial charge in [-0.25, -0.2) is 0 Å². The molecule has 1 aliphatic rings. The van der Waals surface area contributed by atoms with Crippen molar-refractivity contribution in [1.82, 2.24) is 10.2 Å². The number of β-amino-alcohol motifs (C(OH)–C–C–N with tert-alkyl or cyclic N) is 1. The highest BCUT2D eigenvalue weighted by atomic mass is 16.5. The van der Waals surface area contributed by atoms with Gasteiger partial charge in [0.15, 0.2) is 0 Å². The molecule has 96 valence electrons. The SMILES string of the molecule is COCCOCC(O)CN1CCNCC1C. The molecule has 0 aliphatic carbocycles. The van der Waals surface area contributed by atoms with Crippen LogP contribution < -0.4 is 5.32 Å². The fourth-order valence-electron chi connectivity index (χ4n) is 1.84. The first-order chi connectivity index (χ1) is 7.74. The van der Waals surface area contributed by atoms with Crippen molar-refractivity contribution < 1.29 is 14.6 Å². The highest BCUT2D eigenvalue weighted by Gasteiger charge is 2.20. The Kier molecular flexibility index (Phi) is 6.91. The second kappa shape index (κ2) is 7.97. The molecule has 0 spiro atoms. The summed E-state index contributed by atoms with van der Waals surface area (Å²) in [5, 5.41) is 13.1. The van der Waals surface area contributed by atoms with Gasteiger partial charge in [0.25, 0.3) is 0 Å². The summed E-state index contributed by atoms with van der Waals surface area (Å²) in [6.07, 6.45) is -0.405. The van der Waals surface area contributed by atoms with Gasteiger partial charge in [0, 0.05) is 39.3 Å². The molecule has 1 saturated heterocycles. The normalized spacial score (nSPS) is 24.6. The second-order valence-electron chi connectivity index (χ2n) is 4.27. The van der Waals surface area contributed by atoms with E-state index in [1.165, 1.54) is 0 Å². The molecule has 5 nitrogen and oxygen atoms in total. The van der Waals surface area contributed by atoms with Crippen molar-refractivity contribution in [2.24, 2.45) is 0 Å². The molecule has 0 aromatic rings. The maximum atomic E-state index is 9.79. The Labute approximate surface area is 97.7 Å². The Morgan fingerprint density at radius 2 is 2.31 bits per heavy atom. The van der Waals surface area contributed by atoms with Crippen LogP contribution in [0, 0.1) is 0 Å². The Balaban J connectivity index is 2.09. The van der Waals surface area contributed by atoms with E-state index in [-0.39, 0.29) is 0 Å². The van der Waals surface area contributed by atoms with Crippen LogP contribution in [0.2, 0.25) is 0 Å². The first-order valence-corrected chi connectivity index (χ1v) is 5.93. The predicted molar refractivity (Wildman–Crippen MR) is 62.6 cm³/mol. The zero-order valence-electron chi connectivity index (χ0n) is 10.3. The van der Waals surface area contributed by atoms with Crippen LogP contribution in [0.5, 0.6) is 0 Å². The van der Waals surface area contributed by atoms with Gasteiger partial charge in [-0.3, -0.25) is 4.90 Å². The van der Waals surface area contributed by atoms with Gasteiger partial charge in [-0.15, -0.1) is 0 Å². The summed E-state index contributed by atoms with van der Waals surface area (Å²) in [6, 6.07) is 0.488. The number of hydrogen-bond donors (Lipinski definition) is 2. The molecule has 1 rings (SSSR count). The summed E-state index contributed by atoms with van der Waals surface area (Å²) >= 11 is 0. The molecule has 0 saturated carbocycles. The maximum Gasteiger partial charge on any atom is 0.0900 e. The minimum Gasteiger partial charge on any atom is -0.389 e. The summed E-state index contributed by atoms with van der Waals surface area (Å²) in [5.74, 6) is 0. The standard InChI is InChI=1S/C11H24N2O3/c1-10-7-12-3-4-13(10)8-11(14)9-16-6-5-15-2/h10-12,14H,3-9H2,1-2H3. The summed E-state index contributed by atoms with van der Waals surface area (Å²) in [7, 11) is 1.64. The van der Waals surface area contributed by atoms with E-state index in [1.54, 1.807) is 7.11 Å². The minimum absolute atomic E-state index is 0.389. The van der Waals surface area contributed by atoms with Crippen molar-refractivity contribution >= 4 is 0 Å². The number of nitrogens with zero attached hydrogens (tertiary/aromatic N) is 1. The van der Waals surface area contributed by atoms with Gasteiger partial charge in [0.2, 0.25) is 0 Å². The molecule has 2 atom stereocenters. The van der Waals surface area contributed by atoms with E-state index in [4.69, 9.17) is 9.47 Å². The van der Waals surface area contributed by atoms with Gasteiger partial charge in [-0.1, -0.05) is 0 Å². The first-order valence-electron chi connectivity index (χ1n) is 5.93. The quantitative estimate of drug-likeness (QED) is 0.569. The van der Waals surface area contributed by atoms with E-state index < -0.39 is 6.10 Å². The molecule has 0 bridgehead atoms. The summed E-state index contributed by atoms with van der Waals surface area (Å²) in [5.41, 5.74) is 0. The third-order valence-electron chi connectivity index (χ3n) is 2.83. The zero-order valence-corrected chi connectivity index (χ0v) is 10.3. The molecular weight excluding hydrogens is 208 g/mol. The van der Waals surface area contributed by atoms with Gasteiger partial charge in [0.1, 0.15) is 0 Å².